The minimum Gasteiger partial charge on any atom is -0.325 e. The predicted octanol–water partition coefficient (Wildman–Crippen LogP) is 1.21. The standard InChI is InChI=1S/C11H17N3O3S/c1-3-14(4-2)11(15)13-9-7-5-6-8-10(9)18(12,16)17/h5-8H,3-4H2,1-2H3,(H,13,15)(H2,12,16,17). The molecule has 18 heavy (non-hydrogen) atoms. The Kier molecular flexibility index (Phi) is 4.69. The molecular weight excluding hydrogens is 254 g/mol. The quantitative estimate of drug-likeness (QED) is 0.862. The Balaban J connectivity index is 3.02. The highest BCUT2D eigenvalue weighted by molar-refractivity contribution is 7.89. The zero-order valence-corrected chi connectivity index (χ0v) is 11.2. The molecule has 0 fully saturated rings. The van der Waals surface area contributed by atoms with Crippen molar-refractivity contribution in [1.82, 2.24) is 4.90 Å². The Morgan fingerprint density at radius 3 is 2.33 bits per heavy atom. The fraction of sp³-hybridized carbons (Fsp3) is 0.364. The van der Waals surface area contributed by atoms with Crippen LogP contribution in [0.15, 0.2) is 29.2 Å². The summed E-state index contributed by atoms with van der Waals surface area (Å²) in [6, 6.07) is 5.68. The van der Waals surface area contributed by atoms with Gasteiger partial charge < -0.3 is 10.2 Å². The zero-order chi connectivity index (χ0) is 13.8. The average Bonchev–Trinajstić information content (AvgIpc) is 2.30. The van der Waals surface area contributed by atoms with E-state index in [9.17, 15) is 13.2 Å². The van der Waals surface area contributed by atoms with Crippen LogP contribution in [0.25, 0.3) is 0 Å². The molecule has 2 amide bonds. The summed E-state index contributed by atoms with van der Waals surface area (Å²) in [7, 11) is -3.85. The van der Waals surface area contributed by atoms with Gasteiger partial charge in [-0.25, -0.2) is 18.4 Å². The molecule has 0 atom stereocenters. The van der Waals surface area contributed by atoms with Gasteiger partial charge >= 0.3 is 6.03 Å². The molecule has 0 aliphatic rings. The summed E-state index contributed by atoms with van der Waals surface area (Å²) < 4.78 is 22.7. The van der Waals surface area contributed by atoms with E-state index in [-0.39, 0.29) is 16.6 Å². The number of hydrogen-bond donors (Lipinski definition) is 2. The maximum Gasteiger partial charge on any atom is 0.321 e. The van der Waals surface area contributed by atoms with Crippen molar-refractivity contribution in [3.63, 3.8) is 0 Å². The molecule has 0 aliphatic heterocycles. The molecule has 0 bridgehead atoms. The average molecular weight is 271 g/mol. The van der Waals surface area contributed by atoms with Crippen LogP contribution in [0.4, 0.5) is 10.5 Å². The number of carbonyl (C=O) groups excluding carboxylic acids is 1. The van der Waals surface area contributed by atoms with E-state index >= 15 is 0 Å². The summed E-state index contributed by atoms with van der Waals surface area (Å²) in [5, 5.41) is 7.63. The van der Waals surface area contributed by atoms with E-state index < -0.39 is 10.0 Å². The second-order valence-corrected chi connectivity index (χ2v) is 5.17. The van der Waals surface area contributed by atoms with Gasteiger partial charge in [-0.15, -0.1) is 0 Å². The van der Waals surface area contributed by atoms with Gasteiger partial charge in [0.25, 0.3) is 0 Å². The monoisotopic (exact) mass is 271 g/mol. The van der Waals surface area contributed by atoms with E-state index in [1.807, 2.05) is 13.8 Å². The minimum atomic E-state index is -3.85. The number of nitrogens with zero attached hydrogens (tertiary/aromatic N) is 1. The van der Waals surface area contributed by atoms with Crippen LogP contribution < -0.4 is 10.5 Å². The van der Waals surface area contributed by atoms with Crippen LogP contribution in [0.3, 0.4) is 0 Å². The van der Waals surface area contributed by atoms with Crippen LogP contribution in [0.1, 0.15) is 13.8 Å². The van der Waals surface area contributed by atoms with E-state index in [2.05, 4.69) is 5.32 Å². The number of benzene rings is 1. The highest BCUT2D eigenvalue weighted by Crippen LogP contribution is 2.19. The molecule has 6 nitrogen and oxygen atoms in total. The summed E-state index contributed by atoms with van der Waals surface area (Å²) in [5.41, 5.74) is 0.192. The summed E-state index contributed by atoms with van der Waals surface area (Å²) in [6.07, 6.45) is 0. The Hall–Kier alpha value is -1.60. The number of urea groups is 1. The molecular formula is C11H17N3O3S. The van der Waals surface area contributed by atoms with Gasteiger partial charge in [0.2, 0.25) is 10.0 Å². The van der Waals surface area contributed by atoms with E-state index in [0.717, 1.165) is 0 Å². The van der Waals surface area contributed by atoms with Crippen LogP contribution in [-0.2, 0) is 10.0 Å². The lowest BCUT2D eigenvalue weighted by molar-refractivity contribution is 0.217. The van der Waals surface area contributed by atoms with Gasteiger partial charge in [-0.1, -0.05) is 12.1 Å². The third kappa shape index (κ3) is 3.44. The second-order valence-electron chi connectivity index (χ2n) is 3.64. The third-order valence-corrected chi connectivity index (χ3v) is 3.45. The predicted molar refractivity (Wildman–Crippen MR) is 69.8 cm³/mol. The number of anilines is 1. The van der Waals surface area contributed by atoms with E-state index in [4.69, 9.17) is 5.14 Å². The van der Waals surface area contributed by atoms with Crippen LogP contribution >= 0.6 is 0 Å². The van der Waals surface area contributed by atoms with E-state index in [0.29, 0.717) is 13.1 Å². The molecule has 3 N–H and O–H groups in total. The third-order valence-electron chi connectivity index (χ3n) is 2.49. The molecule has 0 saturated carbocycles. The maximum atomic E-state index is 11.8. The van der Waals surface area contributed by atoms with Gasteiger partial charge in [-0.2, -0.15) is 0 Å². The maximum absolute atomic E-state index is 11.8. The number of rotatable bonds is 4. The molecule has 0 unspecified atom stereocenters. The first-order chi connectivity index (χ1) is 8.40. The van der Waals surface area contributed by atoms with Crippen LogP contribution in [0.2, 0.25) is 0 Å². The summed E-state index contributed by atoms with van der Waals surface area (Å²) in [5.74, 6) is 0. The molecule has 1 aromatic carbocycles. The van der Waals surface area contributed by atoms with Crippen molar-refractivity contribution in [2.24, 2.45) is 5.14 Å². The minimum absolute atomic E-state index is 0.0921. The van der Waals surface area contributed by atoms with Gasteiger partial charge in [-0.3, -0.25) is 0 Å². The molecule has 0 aliphatic carbocycles. The lowest BCUT2D eigenvalue weighted by Crippen LogP contribution is -2.35. The Morgan fingerprint density at radius 1 is 1.28 bits per heavy atom. The first-order valence-corrected chi connectivity index (χ1v) is 7.12. The SMILES string of the molecule is CCN(CC)C(=O)Nc1ccccc1S(N)(=O)=O. The fourth-order valence-corrected chi connectivity index (χ4v) is 2.22. The smallest absolute Gasteiger partial charge is 0.321 e. The second kappa shape index (κ2) is 5.83. The molecule has 0 aromatic heterocycles. The molecule has 7 heteroatoms. The number of sulfonamides is 1. The van der Waals surface area contributed by atoms with Crippen LogP contribution in [-0.4, -0.2) is 32.4 Å². The number of primary sulfonamides is 1. The zero-order valence-electron chi connectivity index (χ0n) is 10.4. The number of carbonyl (C=O) groups is 1. The van der Waals surface area contributed by atoms with Gasteiger partial charge in [0.05, 0.1) is 5.69 Å². The van der Waals surface area contributed by atoms with Crippen molar-refractivity contribution in [3.8, 4) is 0 Å². The lowest BCUT2D eigenvalue weighted by atomic mass is 10.3. The molecule has 0 spiro atoms. The van der Waals surface area contributed by atoms with Crippen molar-refractivity contribution in [2.45, 2.75) is 18.7 Å². The number of hydrogen-bond acceptors (Lipinski definition) is 3. The topological polar surface area (TPSA) is 92.5 Å². The largest absolute Gasteiger partial charge is 0.325 e. The van der Waals surface area contributed by atoms with Crippen molar-refractivity contribution < 1.29 is 13.2 Å². The highest BCUT2D eigenvalue weighted by Gasteiger charge is 2.16. The number of nitrogens with two attached hydrogens (primary N) is 1. The number of nitrogens with one attached hydrogen (secondary N) is 1. The lowest BCUT2D eigenvalue weighted by Gasteiger charge is -2.20. The summed E-state index contributed by atoms with van der Waals surface area (Å²) in [6.45, 7) is 4.77. The van der Waals surface area contributed by atoms with Gasteiger partial charge in [0, 0.05) is 13.1 Å². The normalized spacial score (nSPS) is 11.1. The molecule has 0 saturated heterocycles. The summed E-state index contributed by atoms with van der Waals surface area (Å²) in [4.78, 5) is 13.3. The van der Waals surface area contributed by atoms with E-state index in [1.54, 1.807) is 17.0 Å². The Bertz CT molecular complexity index is 524. The van der Waals surface area contributed by atoms with Crippen molar-refractivity contribution >= 4 is 21.7 Å². The Morgan fingerprint density at radius 2 is 1.83 bits per heavy atom. The first kappa shape index (κ1) is 14.5. The fourth-order valence-electron chi connectivity index (χ4n) is 1.52. The number of para-hydroxylation sites is 1. The molecule has 1 rings (SSSR count). The van der Waals surface area contributed by atoms with Gasteiger partial charge in [0.15, 0.2) is 0 Å². The van der Waals surface area contributed by atoms with Crippen molar-refractivity contribution in [3.05, 3.63) is 24.3 Å². The highest BCUT2D eigenvalue weighted by atomic mass is 32.2. The molecule has 1 aromatic rings. The Labute approximate surface area is 107 Å². The molecule has 100 valence electrons. The number of amides is 2. The molecule has 0 radical (unpaired) electrons. The molecule has 0 heterocycles. The van der Waals surface area contributed by atoms with Crippen LogP contribution in [0.5, 0.6) is 0 Å². The summed E-state index contributed by atoms with van der Waals surface area (Å²) >= 11 is 0. The van der Waals surface area contributed by atoms with Crippen LogP contribution in [0, 0.1) is 0 Å². The van der Waals surface area contributed by atoms with Crippen molar-refractivity contribution in [1.29, 1.82) is 0 Å². The van der Waals surface area contributed by atoms with Crippen molar-refractivity contribution in [2.75, 3.05) is 18.4 Å². The van der Waals surface area contributed by atoms with Gasteiger partial charge in [0.1, 0.15) is 4.90 Å². The van der Waals surface area contributed by atoms with E-state index in [1.165, 1.54) is 12.1 Å². The first-order valence-electron chi connectivity index (χ1n) is 5.57. The van der Waals surface area contributed by atoms with Gasteiger partial charge in [-0.05, 0) is 26.0 Å².